The first-order valence-corrected chi connectivity index (χ1v) is 8.59. The fraction of sp³-hybridized carbons (Fsp3) is 0.316. The van der Waals surface area contributed by atoms with Crippen LogP contribution in [0.1, 0.15) is 34.7 Å². The molecule has 0 spiro atoms. The zero-order chi connectivity index (χ0) is 19.4. The van der Waals surface area contributed by atoms with E-state index < -0.39 is 11.6 Å². The first-order chi connectivity index (χ1) is 12.9. The van der Waals surface area contributed by atoms with Crippen LogP contribution < -0.4 is 5.32 Å². The van der Waals surface area contributed by atoms with Gasteiger partial charge in [0.1, 0.15) is 17.4 Å². The van der Waals surface area contributed by atoms with Gasteiger partial charge in [0.05, 0.1) is 0 Å². The lowest BCUT2D eigenvalue weighted by Gasteiger charge is -2.31. The molecule has 8 heteroatoms. The molecule has 2 aromatic rings. The summed E-state index contributed by atoms with van der Waals surface area (Å²) in [5.74, 6) is -1.52. The second-order valence-corrected chi connectivity index (χ2v) is 6.36. The molecule has 1 N–H and O–H groups in total. The van der Waals surface area contributed by atoms with E-state index in [1.54, 1.807) is 17.9 Å². The summed E-state index contributed by atoms with van der Waals surface area (Å²) in [4.78, 5) is 25.9. The van der Waals surface area contributed by atoms with Crippen LogP contribution in [0.25, 0.3) is 6.08 Å². The molecule has 0 bridgehead atoms. The van der Waals surface area contributed by atoms with E-state index in [1.165, 1.54) is 12.1 Å². The van der Waals surface area contributed by atoms with E-state index in [-0.39, 0.29) is 29.1 Å². The highest BCUT2D eigenvalue weighted by Crippen LogP contribution is 2.16. The Morgan fingerprint density at radius 1 is 1.26 bits per heavy atom. The van der Waals surface area contributed by atoms with Crippen molar-refractivity contribution in [1.29, 1.82) is 0 Å². The van der Waals surface area contributed by atoms with Gasteiger partial charge >= 0.3 is 0 Å². The van der Waals surface area contributed by atoms with Crippen LogP contribution in [-0.2, 0) is 4.79 Å². The Kier molecular flexibility index (Phi) is 5.63. The number of aromatic nitrogens is 1. The standard InChI is InChI=1S/C19H19F2N3O3/c1-12-11-17(23-27-12)19(26)22-13-7-9-24(10-8-13)18(25)6-5-14-15(20)3-2-4-16(14)21/h2-6,11,13H,7-10H2,1H3,(H,22,26)/b6-5+. The quantitative estimate of drug-likeness (QED) is 0.834. The molecule has 1 fully saturated rings. The molecular formula is C19H19F2N3O3. The molecule has 0 saturated carbocycles. The summed E-state index contributed by atoms with van der Waals surface area (Å²) in [6, 6.07) is 5.02. The molecular weight excluding hydrogens is 356 g/mol. The minimum Gasteiger partial charge on any atom is -0.361 e. The smallest absolute Gasteiger partial charge is 0.273 e. The number of nitrogens with zero attached hydrogens (tertiary/aromatic N) is 2. The van der Waals surface area contributed by atoms with E-state index >= 15 is 0 Å². The number of carbonyl (C=O) groups is 2. The molecule has 0 unspecified atom stereocenters. The van der Waals surface area contributed by atoms with Gasteiger partial charge in [-0.15, -0.1) is 0 Å². The van der Waals surface area contributed by atoms with Crippen LogP contribution in [0, 0.1) is 18.6 Å². The molecule has 0 atom stereocenters. The van der Waals surface area contributed by atoms with E-state index in [9.17, 15) is 18.4 Å². The maximum absolute atomic E-state index is 13.6. The Morgan fingerprint density at radius 3 is 2.52 bits per heavy atom. The summed E-state index contributed by atoms with van der Waals surface area (Å²) in [6.45, 7) is 2.58. The van der Waals surface area contributed by atoms with Crippen molar-refractivity contribution in [3.8, 4) is 0 Å². The number of rotatable bonds is 4. The second kappa shape index (κ2) is 8.11. The lowest BCUT2D eigenvalue weighted by Crippen LogP contribution is -2.46. The number of aryl methyl sites for hydroxylation is 1. The van der Waals surface area contributed by atoms with Gasteiger partial charge in [-0.05, 0) is 38.0 Å². The Labute approximate surface area is 154 Å². The van der Waals surface area contributed by atoms with Crippen LogP contribution >= 0.6 is 0 Å². The number of piperidine rings is 1. The number of hydrogen-bond acceptors (Lipinski definition) is 4. The summed E-state index contributed by atoms with van der Waals surface area (Å²) in [5, 5.41) is 6.53. The third-order valence-corrected chi connectivity index (χ3v) is 4.39. The van der Waals surface area contributed by atoms with Gasteiger partial charge in [0.25, 0.3) is 5.91 Å². The molecule has 142 valence electrons. The molecule has 0 radical (unpaired) electrons. The molecule has 1 aromatic heterocycles. The number of hydrogen-bond donors (Lipinski definition) is 1. The Morgan fingerprint density at radius 2 is 1.93 bits per heavy atom. The third-order valence-electron chi connectivity index (χ3n) is 4.39. The molecule has 1 aliphatic heterocycles. The highest BCUT2D eigenvalue weighted by molar-refractivity contribution is 5.93. The van der Waals surface area contributed by atoms with E-state index in [4.69, 9.17) is 4.52 Å². The monoisotopic (exact) mass is 375 g/mol. The first kappa shape index (κ1) is 18.8. The minimum absolute atomic E-state index is 0.0773. The number of benzene rings is 1. The lowest BCUT2D eigenvalue weighted by molar-refractivity contribution is -0.126. The van der Waals surface area contributed by atoms with Crippen LogP contribution in [0.15, 0.2) is 34.9 Å². The fourth-order valence-corrected chi connectivity index (χ4v) is 2.91. The Balaban J connectivity index is 1.52. The maximum Gasteiger partial charge on any atom is 0.273 e. The zero-order valence-corrected chi connectivity index (χ0v) is 14.7. The Hall–Kier alpha value is -3.03. The van der Waals surface area contributed by atoms with Crippen molar-refractivity contribution in [1.82, 2.24) is 15.4 Å². The maximum atomic E-state index is 13.6. The number of likely N-dealkylation sites (tertiary alicyclic amines) is 1. The van der Waals surface area contributed by atoms with Gasteiger partial charge < -0.3 is 14.7 Å². The highest BCUT2D eigenvalue weighted by atomic mass is 19.1. The van der Waals surface area contributed by atoms with Crippen molar-refractivity contribution in [2.45, 2.75) is 25.8 Å². The summed E-state index contributed by atoms with van der Waals surface area (Å²) in [5.41, 5.74) is -0.0169. The molecule has 1 aromatic carbocycles. The van der Waals surface area contributed by atoms with Crippen molar-refractivity contribution in [3.05, 3.63) is 59.0 Å². The van der Waals surface area contributed by atoms with E-state index in [2.05, 4.69) is 10.5 Å². The van der Waals surface area contributed by atoms with Gasteiger partial charge in [-0.2, -0.15) is 0 Å². The van der Waals surface area contributed by atoms with Crippen molar-refractivity contribution in [2.75, 3.05) is 13.1 Å². The SMILES string of the molecule is Cc1cc(C(=O)NC2CCN(C(=O)/C=C/c3c(F)cccc3F)CC2)no1. The Bertz CT molecular complexity index is 851. The number of amides is 2. The molecule has 0 aliphatic carbocycles. The third kappa shape index (κ3) is 4.58. The van der Waals surface area contributed by atoms with Crippen molar-refractivity contribution < 1.29 is 22.9 Å². The zero-order valence-electron chi connectivity index (χ0n) is 14.7. The van der Waals surface area contributed by atoms with Crippen molar-refractivity contribution >= 4 is 17.9 Å². The second-order valence-electron chi connectivity index (χ2n) is 6.36. The molecule has 6 nitrogen and oxygen atoms in total. The fourth-order valence-electron chi connectivity index (χ4n) is 2.91. The predicted octanol–water partition coefficient (Wildman–Crippen LogP) is 2.70. The summed E-state index contributed by atoms with van der Waals surface area (Å²) in [6.07, 6.45) is 3.47. The number of halogens is 2. The molecule has 3 rings (SSSR count). The number of nitrogens with one attached hydrogen (secondary N) is 1. The van der Waals surface area contributed by atoms with Gasteiger partial charge in [-0.25, -0.2) is 8.78 Å². The van der Waals surface area contributed by atoms with E-state index in [1.807, 2.05) is 0 Å². The summed E-state index contributed by atoms with van der Waals surface area (Å²) < 4.78 is 32.1. The van der Waals surface area contributed by atoms with Crippen molar-refractivity contribution in [3.63, 3.8) is 0 Å². The molecule has 27 heavy (non-hydrogen) atoms. The van der Waals surface area contributed by atoms with Gasteiger partial charge in [0.2, 0.25) is 5.91 Å². The van der Waals surface area contributed by atoms with E-state index in [0.717, 1.165) is 18.2 Å². The average Bonchev–Trinajstić information content (AvgIpc) is 3.08. The minimum atomic E-state index is -0.719. The molecule has 2 amide bonds. The normalized spacial score (nSPS) is 15.3. The first-order valence-electron chi connectivity index (χ1n) is 8.59. The predicted molar refractivity (Wildman–Crippen MR) is 93.7 cm³/mol. The molecule has 1 aliphatic rings. The summed E-state index contributed by atoms with van der Waals surface area (Å²) >= 11 is 0. The van der Waals surface area contributed by atoms with Gasteiger partial charge in [-0.1, -0.05) is 11.2 Å². The van der Waals surface area contributed by atoms with Crippen LogP contribution in [0.4, 0.5) is 8.78 Å². The largest absolute Gasteiger partial charge is 0.361 e. The number of carbonyl (C=O) groups excluding carboxylic acids is 2. The molecule has 2 heterocycles. The van der Waals surface area contributed by atoms with Crippen LogP contribution in [0.2, 0.25) is 0 Å². The average molecular weight is 375 g/mol. The lowest BCUT2D eigenvalue weighted by atomic mass is 10.0. The van der Waals surface area contributed by atoms with Crippen LogP contribution in [0.5, 0.6) is 0 Å². The van der Waals surface area contributed by atoms with Gasteiger partial charge in [0, 0.05) is 36.8 Å². The van der Waals surface area contributed by atoms with Gasteiger partial charge in [-0.3, -0.25) is 9.59 Å². The topological polar surface area (TPSA) is 75.4 Å². The van der Waals surface area contributed by atoms with Crippen LogP contribution in [0.3, 0.4) is 0 Å². The molecule has 1 saturated heterocycles. The summed E-state index contributed by atoms with van der Waals surface area (Å²) in [7, 11) is 0. The van der Waals surface area contributed by atoms with E-state index in [0.29, 0.717) is 31.7 Å². The van der Waals surface area contributed by atoms with Gasteiger partial charge in [0.15, 0.2) is 5.69 Å². The van der Waals surface area contributed by atoms with Crippen LogP contribution in [-0.4, -0.2) is 41.0 Å². The highest BCUT2D eigenvalue weighted by Gasteiger charge is 2.24. The van der Waals surface area contributed by atoms with Crippen molar-refractivity contribution in [2.24, 2.45) is 0 Å².